The molecule has 2 N–H and O–H groups in total. The largest absolute Gasteiger partial charge is 0.326 e. The van der Waals surface area contributed by atoms with E-state index in [1.807, 2.05) is 0 Å². The minimum absolute atomic E-state index is 0.321. The molecule has 1 aliphatic carbocycles. The van der Waals surface area contributed by atoms with Crippen LogP contribution in [0.3, 0.4) is 0 Å². The van der Waals surface area contributed by atoms with Crippen LogP contribution in [-0.4, -0.2) is 9.59 Å². The van der Waals surface area contributed by atoms with Crippen LogP contribution >= 0.6 is 11.5 Å². The van der Waals surface area contributed by atoms with Gasteiger partial charge in [-0.2, -0.15) is 0 Å². The van der Waals surface area contributed by atoms with Crippen LogP contribution in [0.1, 0.15) is 30.3 Å². The molecular weight excluding hydrogens is 158 g/mol. The van der Waals surface area contributed by atoms with Crippen molar-refractivity contribution < 1.29 is 0 Å². The maximum Gasteiger partial charge on any atom is 0.0859 e. The first-order valence-corrected chi connectivity index (χ1v) is 4.55. The van der Waals surface area contributed by atoms with Gasteiger partial charge in [0.2, 0.25) is 0 Å². The van der Waals surface area contributed by atoms with Gasteiger partial charge in [-0.05, 0) is 24.4 Å². The predicted molar refractivity (Wildman–Crippen MR) is 44.4 cm³/mol. The minimum Gasteiger partial charge on any atom is -0.326 e. The molecular formula is C7H11N3S. The summed E-state index contributed by atoms with van der Waals surface area (Å²) in [6, 6.07) is 0. The van der Waals surface area contributed by atoms with E-state index in [-0.39, 0.29) is 0 Å². The van der Waals surface area contributed by atoms with E-state index in [1.165, 1.54) is 24.4 Å². The summed E-state index contributed by atoms with van der Waals surface area (Å²) in [6.07, 6.45) is 2.48. The molecule has 0 saturated heterocycles. The zero-order chi connectivity index (χ0) is 7.90. The zero-order valence-electron chi connectivity index (χ0n) is 6.50. The van der Waals surface area contributed by atoms with Gasteiger partial charge >= 0.3 is 0 Å². The fourth-order valence-electron chi connectivity index (χ4n) is 1.23. The zero-order valence-corrected chi connectivity index (χ0v) is 7.32. The molecule has 0 aliphatic heterocycles. The van der Waals surface area contributed by atoms with E-state index >= 15 is 0 Å². The minimum atomic E-state index is 0.321. The highest BCUT2D eigenvalue weighted by atomic mass is 32.1. The summed E-state index contributed by atoms with van der Waals surface area (Å²) in [6.45, 7) is 2.81. The van der Waals surface area contributed by atoms with Crippen molar-refractivity contribution in [2.45, 2.75) is 31.7 Å². The molecule has 0 amide bonds. The average Bonchev–Trinajstić information content (AvgIpc) is 2.61. The Balaban J connectivity index is 2.36. The number of rotatable bonds is 2. The van der Waals surface area contributed by atoms with Gasteiger partial charge in [0.1, 0.15) is 0 Å². The Hall–Kier alpha value is -0.480. The maximum absolute atomic E-state index is 5.55. The Morgan fingerprint density at radius 2 is 2.36 bits per heavy atom. The summed E-state index contributed by atoms with van der Waals surface area (Å²) >= 11 is 1.43. The van der Waals surface area contributed by atoms with Crippen LogP contribution in [0.2, 0.25) is 0 Å². The molecule has 0 aromatic carbocycles. The Bertz CT molecular complexity index is 264. The van der Waals surface area contributed by atoms with Crippen molar-refractivity contribution in [3.05, 3.63) is 10.6 Å². The van der Waals surface area contributed by atoms with Crippen LogP contribution in [-0.2, 0) is 12.0 Å². The average molecular weight is 169 g/mol. The highest BCUT2D eigenvalue weighted by molar-refractivity contribution is 7.05. The fraction of sp³-hybridized carbons (Fsp3) is 0.714. The van der Waals surface area contributed by atoms with E-state index in [9.17, 15) is 0 Å². The molecule has 2 rings (SSSR count). The Kier molecular flexibility index (Phi) is 1.47. The van der Waals surface area contributed by atoms with Crippen LogP contribution in [0.4, 0.5) is 0 Å². The van der Waals surface area contributed by atoms with Gasteiger partial charge in [0, 0.05) is 12.0 Å². The lowest BCUT2D eigenvalue weighted by molar-refractivity contribution is 0.729. The van der Waals surface area contributed by atoms with Gasteiger partial charge in [-0.3, -0.25) is 0 Å². The first-order chi connectivity index (χ1) is 5.26. The van der Waals surface area contributed by atoms with Crippen molar-refractivity contribution in [1.82, 2.24) is 9.59 Å². The Morgan fingerprint density at radius 3 is 2.91 bits per heavy atom. The molecule has 1 heterocycles. The highest BCUT2D eigenvalue weighted by Gasteiger charge is 2.42. The van der Waals surface area contributed by atoms with Gasteiger partial charge in [-0.25, -0.2) is 0 Å². The van der Waals surface area contributed by atoms with E-state index < -0.39 is 0 Å². The molecule has 11 heavy (non-hydrogen) atoms. The number of hydrogen-bond donors (Lipinski definition) is 1. The lowest BCUT2D eigenvalue weighted by Gasteiger charge is -2.03. The van der Waals surface area contributed by atoms with Gasteiger partial charge < -0.3 is 5.73 Å². The molecule has 0 radical (unpaired) electrons. The molecule has 0 atom stereocenters. The third-order valence-corrected chi connectivity index (χ3v) is 3.06. The third-order valence-electron chi connectivity index (χ3n) is 2.31. The molecule has 4 heteroatoms. The van der Waals surface area contributed by atoms with E-state index in [4.69, 9.17) is 5.73 Å². The molecule has 1 aromatic rings. The second-order valence-electron chi connectivity index (χ2n) is 3.31. The van der Waals surface area contributed by atoms with Crippen molar-refractivity contribution >= 4 is 11.5 Å². The molecule has 60 valence electrons. The van der Waals surface area contributed by atoms with Crippen LogP contribution in [0.15, 0.2) is 0 Å². The quantitative estimate of drug-likeness (QED) is 0.720. The molecule has 0 unspecified atom stereocenters. The number of nitrogens with two attached hydrogens (primary N) is 1. The standard InChI is InChI=1S/C7H11N3S/c1-7(2-3-7)6-5(4-8)11-10-9-6/h2-4,8H2,1H3. The fourth-order valence-corrected chi connectivity index (χ4v) is 1.89. The van der Waals surface area contributed by atoms with E-state index in [0.29, 0.717) is 12.0 Å². The molecule has 1 saturated carbocycles. The first kappa shape index (κ1) is 7.18. The Morgan fingerprint density at radius 1 is 1.64 bits per heavy atom. The van der Waals surface area contributed by atoms with Gasteiger partial charge in [-0.15, -0.1) is 5.10 Å². The van der Waals surface area contributed by atoms with E-state index in [0.717, 1.165) is 10.6 Å². The van der Waals surface area contributed by atoms with Crippen molar-refractivity contribution in [1.29, 1.82) is 0 Å². The van der Waals surface area contributed by atoms with Crippen LogP contribution in [0.5, 0.6) is 0 Å². The summed E-state index contributed by atoms with van der Waals surface area (Å²) in [7, 11) is 0. The smallest absolute Gasteiger partial charge is 0.0859 e. The van der Waals surface area contributed by atoms with Gasteiger partial charge in [0.15, 0.2) is 0 Å². The molecule has 0 bridgehead atoms. The lowest BCUT2D eigenvalue weighted by Crippen LogP contribution is -2.06. The molecule has 1 fully saturated rings. The molecule has 1 aliphatic rings. The summed E-state index contributed by atoms with van der Waals surface area (Å²) in [5.41, 5.74) is 7.01. The second-order valence-corrected chi connectivity index (χ2v) is 4.15. The normalized spacial score (nSPS) is 20.2. The number of nitrogens with zero attached hydrogens (tertiary/aromatic N) is 2. The maximum atomic E-state index is 5.55. The third kappa shape index (κ3) is 1.06. The molecule has 0 spiro atoms. The van der Waals surface area contributed by atoms with Crippen LogP contribution < -0.4 is 5.73 Å². The first-order valence-electron chi connectivity index (χ1n) is 3.78. The van der Waals surface area contributed by atoms with Crippen LogP contribution in [0, 0.1) is 0 Å². The summed E-state index contributed by atoms with van der Waals surface area (Å²) in [5.74, 6) is 0. The second kappa shape index (κ2) is 2.25. The van der Waals surface area contributed by atoms with Gasteiger partial charge in [-0.1, -0.05) is 11.4 Å². The summed E-state index contributed by atoms with van der Waals surface area (Å²) in [5, 5.41) is 4.11. The number of aromatic nitrogens is 2. The van der Waals surface area contributed by atoms with Gasteiger partial charge in [0.05, 0.1) is 10.6 Å². The van der Waals surface area contributed by atoms with Crippen LogP contribution in [0.25, 0.3) is 0 Å². The van der Waals surface area contributed by atoms with Gasteiger partial charge in [0.25, 0.3) is 0 Å². The van der Waals surface area contributed by atoms with E-state index in [2.05, 4.69) is 16.5 Å². The monoisotopic (exact) mass is 169 g/mol. The van der Waals surface area contributed by atoms with Crippen molar-refractivity contribution in [3.63, 3.8) is 0 Å². The van der Waals surface area contributed by atoms with Crippen molar-refractivity contribution in [2.75, 3.05) is 0 Å². The number of hydrogen-bond acceptors (Lipinski definition) is 4. The Labute approximate surface area is 69.8 Å². The van der Waals surface area contributed by atoms with E-state index in [1.54, 1.807) is 0 Å². The van der Waals surface area contributed by atoms with Crippen molar-refractivity contribution in [3.8, 4) is 0 Å². The van der Waals surface area contributed by atoms with Crippen molar-refractivity contribution in [2.24, 2.45) is 5.73 Å². The molecule has 3 nitrogen and oxygen atoms in total. The highest BCUT2D eigenvalue weighted by Crippen LogP contribution is 2.48. The topological polar surface area (TPSA) is 51.8 Å². The lowest BCUT2D eigenvalue weighted by atomic mass is 10.1. The summed E-state index contributed by atoms with van der Waals surface area (Å²) < 4.78 is 3.91. The predicted octanol–water partition coefficient (Wildman–Crippen LogP) is 1.05. The molecule has 1 aromatic heterocycles. The SMILES string of the molecule is CC1(c2nnsc2CN)CC1. The summed E-state index contributed by atoms with van der Waals surface area (Å²) in [4.78, 5) is 1.16.